The van der Waals surface area contributed by atoms with Crippen molar-refractivity contribution in [3.63, 3.8) is 0 Å². The van der Waals surface area contributed by atoms with Crippen LogP contribution in [0.4, 0.5) is 0 Å². The van der Waals surface area contributed by atoms with Gasteiger partial charge in [0.2, 0.25) is 0 Å². The fourth-order valence-corrected chi connectivity index (χ4v) is 2.69. The second-order valence-electron chi connectivity index (χ2n) is 4.37. The van der Waals surface area contributed by atoms with Gasteiger partial charge < -0.3 is 0 Å². The zero-order valence-electron chi connectivity index (χ0n) is 11.2. The summed E-state index contributed by atoms with van der Waals surface area (Å²) < 4.78 is 31.9. The van der Waals surface area contributed by atoms with Gasteiger partial charge in [-0.2, -0.15) is 8.42 Å². The smallest absolute Gasteiger partial charge is 0.282 e. The van der Waals surface area contributed by atoms with E-state index in [1.807, 2.05) is 25.1 Å². The summed E-state index contributed by atoms with van der Waals surface area (Å²) in [5.74, 6) is 0. The number of hydrogen-bond acceptors (Lipinski definition) is 2. The van der Waals surface area contributed by atoms with Gasteiger partial charge in [0.15, 0.2) is 0 Å². The van der Waals surface area contributed by atoms with Crippen LogP contribution < -0.4 is 0 Å². The molecule has 0 aliphatic carbocycles. The zero-order valence-corrected chi connectivity index (χ0v) is 15.1. The molecule has 1 N–H and O–H groups in total. The van der Waals surface area contributed by atoms with Crippen LogP contribution in [0.25, 0.3) is 12.2 Å². The summed E-state index contributed by atoms with van der Waals surface area (Å²) in [6.45, 7) is 1.85. The summed E-state index contributed by atoms with van der Waals surface area (Å²) >= 11 is 6.03. The summed E-state index contributed by atoms with van der Waals surface area (Å²) in [6, 6.07) is 11.9. The van der Waals surface area contributed by atoms with Gasteiger partial charge in [0.05, 0.1) is 0 Å². The molecule has 0 unspecified atom stereocenters. The van der Waals surface area contributed by atoms with E-state index in [2.05, 4.69) is 0 Å². The predicted octanol–water partition coefficient (Wildman–Crippen LogP) is 3.68. The molecule has 0 aromatic heterocycles. The van der Waals surface area contributed by atoms with E-state index < -0.39 is 10.1 Å². The fraction of sp³-hybridized carbons (Fsp3) is 0.0667. The molecule has 2 rings (SSSR count). The number of halogens is 1. The molecule has 0 spiro atoms. The molecule has 110 valence electrons. The fourth-order valence-electron chi connectivity index (χ4n) is 1.82. The first kappa shape index (κ1) is 18.2. The average Bonchev–Trinajstić information content (AvgIpc) is 2.36. The first-order chi connectivity index (χ1) is 9.38. The van der Waals surface area contributed by atoms with Gasteiger partial charge in [0, 0.05) is 28.7 Å². The SMILES string of the molecule is Cc1ccc(S(=O)(=O)O)c(C=Cc2ccccc2Cl)c1.[Te]. The molecule has 0 bridgehead atoms. The predicted molar refractivity (Wildman–Crippen MR) is 87.1 cm³/mol. The van der Waals surface area contributed by atoms with Crippen LogP contribution in [0.2, 0.25) is 5.02 Å². The monoisotopic (exact) mass is 438 g/mol. The maximum absolute atomic E-state index is 11.3. The Kier molecular flexibility index (Phi) is 6.45. The molecule has 0 saturated heterocycles. The van der Waals surface area contributed by atoms with Crippen LogP contribution in [0, 0.1) is 6.92 Å². The van der Waals surface area contributed by atoms with Crippen molar-refractivity contribution in [2.45, 2.75) is 11.8 Å². The van der Waals surface area contributed by atoms with Gasteiger partial charge in [-0.15, -0.1) is 0 Å². The van der Waals surface area contributed by atoms with E-state index in [0.717, 1.165) is 11.1 Å². The molecule has 6 heteroatoms. The van der Waals surface area contributed by atoms with Crippen molar-refractivity contribution in [2.75, 3.05) is 0 Å². The molecule has 2 aromatic carbocycles. The molecule has 21 heavy (non-hydrogen) atoms. The van der Waals surface area contributed by atoms with E-state index in [1.54, 1.807) is 30.4 Å². The Hall–Kier alpha value is -0.830. The number of rotatable bonds is 3. The Morgan fingerprint density at radius 1 is 1.05 bits per heavy atom. The Morgan fingerprint density at radius 3 is 2.29 bits per heavy atom. The van der Waals surface area contributed by atoms with Crippen LogP contribution in [-0.4, -0.2) is 36.6 Å². The third-order valence-electron chi connectivity index (χ3n) is 2.79. The first-order valence-corrected chi connectivity index (χ1v) is 7.70. The summed E-state index contributed by atoms with van der Waals surface area (Å²) in [7, 11) is -4.25. The summed E-state index contributed by atoms with van der Waals surface area (Å²) in [5.41, 5.74) is 2.10. The first-order valence-electron chi connectivity index (χ1n) is 5.89. The number of aryl methyl sites for hydroxylation is 1. The van der Waals surface area contributed by atoms with Gasteiger partial charge in [-0.05, 0) is 30.2 Å². The maximum atomic E-state index is 11.3. The van der Waals surface area contributed by atoms with Crippen molar-refractivity contribution in [3.05, 3.63) is 64.2 Å². The second kappa shape index (κ2) is 7.44. The average molecular weight is 436 g/mol. The van der Waals surface area contributed by atoms with E-state index >= 15 is 0 Å². The molecule has 3 nitrogen and oxygen atoms in total. The summed E-state index contributed by atoms with van der Waals surface area (Å²) in [6.07, 6.45) is 3.34. The third kappa shape index (κ3) is 4.84. The Balaban J connectivity index is 0.00000220. The summed E-state index contributed by atoms with van der Waals surface area (Å²) in [4.78, 5) is -0.119. The van der Waals surface area contributed by atoms with Gasteiger partial charge in [-0.25, -0.2) is 0 Å². The Morgan fingerprint density at radius 2 is 1.67 bits per heavy atom. The van der Waals surface area contributed by atoms with E-state index in [9.17, 15) is 13.0 Å². The molecular formula is C15H13ClO3STe. The molecule has 2 aromatic rings. The maximum Gasteiger partial charge on any atom is 0.295 e. The van der Waals surface area contributed by atoms with E-state index in [-0.39, 0.29) is 28.6 Å². The van der Waals surface area contributed by atoms with Crippen molar-refractivity contribution in [3.8, 4) is 0 Å². The minimum atomic E-state index is -4.25. The normalized spacial score (nSPS) is 11.4. The van der Waals surface area contributed by atoms with E-state index in [0.29, 0.717) is 10.6 Å². The minimum absolute atomic E-state index is 0. The van der Waals surface area contributed by atoms with E-state index in [1.165, 1.54) is 6.07 Å². The van der Waals surface area contributed by atoms with Crippen molar-refractivity contribution >= 4 is 57.5 Å². The van der Waals surface area contributed by atoms with Crippen LogP contribution in [0.3, 0.4) is 0 Å². The molecule has 0 aliphatic rings. The molecular weight excluding hydrogens is 423 g/mol. The van der Waals surface area contributed by atoms with Crippen molar-refractivity contribution in [1.82, 2.24) is 0 Å². The van der Waals surface area contributed by atoms with Crippen molar-refractivity contribution in [1.29, 1.82) is 0 Å². The van der Waals surface area contributed by atoms with Crippen molar-refractivity contribution < 1.29 is 13.0 Å². The molecule has 0 fully saturated rings. The van der Waals surface area contributed by atoms with Gasteiger partial charge in [-0.1, -0.05) is 59.6 Å². The van der Waals surface area contributed by atoms with Crippen LogP contribution in [0.15, 0.2) is 47.4 Å². The number of hydrogen-bond donors (Lipinski definition) is 1. The molecule has 0 saturated carbocycles. The number of benzene rings is 2. The molecule has 0 heterocycles. The minimum Gasteiger partial charge on any atom is -0.282 e. The molecule has 0 atom stereocenters. The standard InChI is InChI=1S/C15H13ClO3S.Te/c1-11-6-9-15(20(17,18)19)13(10-11)8-7-12-4-2-3-5-14(12)16;/h2-10H,1H3,(H,17,18,19);. The van der Waals surface area contributed by atoms with Crippen LogP contribution >= 0.6 is 11.6 Å². The summed E-state index contributed by atoms with van der Waals surface area (Å²) in [5, 5.41) is 0.574. The zero-order chi connectivity index (χ0) is 14.8. The van der Waals surface area contributed by atoms with E-state index in [4.69, 9.17) is 11.6 Å². The van der Waals surface area contributed by atoms with Gasteiger partial charge in [-0.3, -0.25) is 4.55 Å². The van der Waals surface area contributed by atoms with Crippen molar-refractivity contribution in [2.24, 2.45) is 0 Å². The van der Waals surface area contributed by atoms with Crippen LogP contribution in [0.1, 0.15) is 16.7 Å². The quantitative estimate of drug-likeness (QED) is 0.454. The topological polar surface area (TPSA) is 54.4 Å². The van der Waals surface area contributed by atoms with Crippen LogP contribution in [-0.2, 0) is 10.1 Å². The Bertz CT molecular complexity index is 770. The Labute approximate surface area is 146 Å². The molecule has 0 aliphatic heterocycles. The largest absolute Gasteiger partial charge is 0.295 e. The van der Waals surface area contributed by atoms with Crippen LogP contribution in [0.5, 0.6) is 0 Å². The molecule has 2 radical (unpaired) electrons. The van der Waals surface area contributed by atoms with Gasteiger partial charge in [0.1, 0.15) is 4.90 Å². The third-order valence-corrected chi connectivity index (χ3v) is 4.06. The van der Waals surface area contributed by atoms with Gasteiger partial charge in [0.25, 0.3) is 10.1 Å². The molecule has 0 amide bonds. The van der Waals surface area contributed by atoms with Gasteiger partial charge >= 0.3 is 0 Å². The second-order valence-corrected chi connectivity index (χ2v) is 6.17.